The lowest BCUT2D eigenvalue weighted by atomic mass is 10.2. The van der Waals surface area contributed by atoms with E-state index in [2.05, 4.69) is 9.97 Å². The van der Waals surface area contributed by atoms with E-state index >= 15 is 0 Å². The molecule has 5 heteroatoms. The normalized spacial score (nSPS) is 10.3. The summed E-state index contributed by atoms with van der Waals surface area (Å²) in [6.07, 6.45) is 3.17. The van der Waals surface area contributed by atoms with Crippen molar-refractivity contribution in [3.8, 4) is 28.6 Å². The van der Waals surface area contributed by atoms with Crippen molar-refractivity contribution in [3.63, 3.8) is 0 Å². The molecule has 4 N–H and O–H groups in total. The Morgan fingerprint density at radius 1 is 1.07 bits per heavy atom. The molecule has 0 aliphatic rings. The molecule has 14 heavy (non-hydrogen) atoms. The van der Waals surface area contributed by atoms with Gasteiger partial charge in [-0.2, -0.15) is 0 Å². The molecular formula is C9H8N2O3. The highest BCUT2D eigenvalue weighted by Crippen LogP contribution is 2.37. The molecule has 1 heterocycles. The summed E-state index contributed by atoms with van der Waals surface area (Å²) in [5, 5.41) is 27.6. The number of hydrogen-bond acceptors (Lipinski definition) is 4. The van der Waals surface area contributed by atoms with Crippen LogP contribution in [0.25, 0.3) is 11.4 Å². The Morgan fingerprint density at radius 3 is 2.21 bits per heavy atom. The largest absolute Gasteiger partial charge is 0.504 e. The Balaban J connectivity index is 2.57. The molecule has 0 spiro atoms. The van der Waals surface area contributed by atoms with Crippen LogP contribution >= 0.6 is 0 Å². The molecule has 0 aliphatic heterocycles. The van der Waals surface area contributed by atoms with Crippen molar-refractivity contribution >= 4 is 0 Å². The van der Waals surface area contributed by atoms with E-state index in [0.717, 1.165) is 0 Å². The van der Waals surface area contributed by atoms with Gasteiger partial charge >= 0.3 is 0 Å². The zero-order valence-corrected chi connectivity index (χ0v) is 7.10. The molecule has 0 fully saturated rings. The number of aromatic amines is 1. The topological polar surface area (TPSA) is 89.4 Å². The van der Waals surface area contributed by atoms with Crippen LogP contribution in [-0.2, 0) is 0 Å². The minimum atomic E-state index is -0.527. The van der Waals surface area contributed by atoms with Crippen LogP contribution in [0.3, 0.4) is 0 Å². The monoisotopic (exact) mass is 192 g/mol. The number of aromatic hydroxyl groups is 3. The van der Waals surface area contributed by atoms with Crippen LogP contribution in [0.2, 0.25) is 0 Å². The summed E-state index contributed by atoms with van der Waals surface area (Å²) in [5.74, 6) is -0.774. The summed E-state index contributed by atoms with van der Waals surface area (Å²) in [5.41, 5.74) is 0.503. The first kappa shape index (κ1) is 8.43. The predicted octanol–water partition coefficient (Wildman–Crippen LogP) is 1.19. The smallest absolute Gasteiger partial charge is 0.200 e. The lowest BCUT2D eigenvalue weighted by Crippen LogP contribution is -1.81. The SMILES string of the molecule is Oc1cc(-c2ncc[nH]2)cc(O)c1O. The van der Waals surface area contributed by atoms with Crippen LogP contribution in [0.4, 0.5) is 0 Å². The quantitative estimate of drug-likeness (QED) is 0.511. The molecule has 0 unspecified atom stereocenters. The maximum Gasteiger partial charge on any atom is 0.200 e. The van der Waals surface area contributed by atoms with E-state index in [9.17, 15) is 10.2 Å². The molecule has 0 amide bonds. The van der Waals surface area contributed by atoms with E-state index in [1.165, 1.54) is 12.1 Å². The second-order valence-electron chi connectivity index (χ2n) is 2.80. The van der Waals surface area contributed by atoms with Crippen molar-refractivity contribution in [2.75, 3.05) is 0 Å². The third kappa shape index (κ3) is 1.24. The fraction of sp³-hybridized carbons (Fsp3) is 0. The van der Waals surface area contributed by atoms with Crippen LogP contribution < -0.4 is 0 Å². The molecular weight excluding hydrogens is 184 g/mol. The van der Waals surface area contributed by atoms with Gasteiger partial charge in [-0.3, -0.25) is 0 Å². The maximum atomic E-state index is 9.23. The Labute approximate surface area is 79.3 Å². The van der Waals surface area contributed by atoms with Crippen LogP contribution in [0.1, 0.15) is 0 Å². The molecule has 5 nitrogen and oxygen atoms in total. The molecule has 0 bridgehead atoms. The zero-order chi connectivity index (χ0) is 10.1. The molecule has 0 saturated carbocycles. The fourth-order valence-corrected chi connectivity index (χ4v) is 1.16. The maximum absolute atomic E-state index is 9.23. The van der Waals surface area contributed by atoms with Crippen molar-refractivity contribution in [1.29, 1.82) is 0 Å². The molecule has 0 aliphatic carbocycles. The highest BCUT2D eigenvalue weighted by molar-refractivity contribution is 5.65. The summed E-state index contributed by atoms with van der Waals surface area (Å²) in [6.45, 7) is 0. The van der Waals surface area contributed by atoms with Gasteiger partial charge in [0.25, 0.3) is 0 Å². The number of nitrogens with one attached hydrogen (secondary N) is 1. The Hall–Kier alpha value is -2.17. The third-order valence-corrected chi connectivity index (χ3v) is 1.84. The number of imidazole rings is 1. The van der Waals surface area contributed by atoms with Crippen molar-refractivity contribution in [2.24, 2.45) is 0 Å². The van der Waals surface area contributed by atoms with E-state index < -0.39 is 5.75 Å². The lowest BCUT2D eigenvalue weighted by molar-refractivity contribution is 0.368. The lowest BCUT2D eigenvalue weighted by Gasteiger charge is -2.03. The third-order valence-electron chi connectivity index (χ3n) is 1.84. The van der Waals surface area contributed by atoms with Crippen LogP contribution in [0, 0.1) is 0 Å². The molecule has 0 saturated heterocycles. The Bertz CT molecular complexity index is 428. The van der Waals surface area contributed by atoms with Crippen molar-refractivity contribution in [3.05, 3.63) is 24.5 Å². The van der Waals surface area contributed by atoms with Crippen LogP contribution in [0.15, 0.2) is 24.5 Å². The molecule has 1 aromatic heterocycles. The minimum Gasteiger partial charge on any atom is -0.504 e. The summed E-state index contributed by atoms with van der Waals surface area (Å²) < 4.78 is 0. The molecule has 2 aromatic rings. The van der Waals surface area contributed by atoms with Crippen molar-refractivity contribution < 1.29 is 15.3 Å². The van der Waals surface area contributed by atoms with Gasteiger partial charge in [-0.05, 0) is 12.1 Å². The van der Waals surface area contributed by atoms with Crippen molar-refractivity contribution in [1.82, 2.24) is 9.97 Å². The summed E-state index contributed by atoms with van der Waals surface area (Å²) >= 11 is 0. The van der Waals surface area contributed by atoms with Crippen LogP contribution in [0.5, 0.6) is 17.2 Å². The number of phenols is 3. The van der Waals surface area contributed by atoms with Gasteiger partial charge in [-0.1, -0.05) is 0 Å². The van der Waals surface area contributed by atoms with Gasteiger partial charge in [0.05, 0.1) is 0 Å². The van der Waals surface area contributed by atoms with E-state index in [-0.39, 0.29) is 11.5 Å². The molecule has 0 radical (unpaired) electrons. The summed E-state index contributed by atoms with van der Waals surface area (Å²) in [7, 11) is 0. The number of nitrogens with zero attached hydrogens (tertiary/aromatic N) is 1. The number of phenolic OH excluding ortho intramolecular Hbond substituents is 3. The number of hydrogen-bond donors (Lipinski definition) is 4. The number of benzene rings is 1. The van der Waals surface area contributed by atoms with Gasteiger partial charge in [-0.25, -0.2) is 4.98 Å². The van der Waals surface area contributed by atoms with Crippen LogP contribution in [-0.4, -0.2) is 25.3 Å². The van der Waals surface area contributed by atoms with E-state index in [1.807, 2.05) is 0 Å². The Morgan fingerprint density at radius 2 is 1.71 bits per heavy atom. The van der Waals surface area contributed by atoms with Gasteiger partial charge in [0.15, 0.2) is 17.2 Å². The first-order valence-corrected chi connectivity index (χ1v) is 3.93. The zero-order valence-electron chi connectivity index (χ0n) is 7.10. The number of H-pyrrole nitrogens is 1. The molecule has 72 valence electrons. The predicted molar refractivity (Wildman–Crippen MR) is 49.0 cm³/mol. The number of rotatable bonds is 1. The Kier molecular flexibility index (Phi) is 1.78. The van der Waals surface area contributed by atoms with E-state index in [0.29, 0.717) is 11.4 Å². The second-order valence-corrected chi connectivity index (χ2v) is 2.80. The van der Waals surface area contributed by atoms with Gasteiger partial charge in [0, 0.05) is 18.0 Å². The summed E-state index contributed by atoms with van der Waals surface area (Å²) in [4.78, 5) is 6.75. The average Bonchev–Trinajstić information content (AvgIpc) is 2.66. The second kappa shape index (κ2) is 2.95. The minimum absolute atomic E-state index is 0.378. The first-order chi connectivity index (χ1) is 6.68. The molecule has 0 atom stereocenters. The fourth-order valence-electron chi connectivity index (χ4n) is 1.16. The van der Waals surface area contributed by atoms with Gasteiger partial charge in [-0.15, -0.1) is 0 Å². The van der Waals surface area contributed by atoms with E-state index in [4.69, 9.17) is 5.11 Å². The highest BCUT2D eigenvalue weighted by atomic mass is 16.3. The molecule has 1 aromatic carbocycles. The van der Waals surface area contributed by atoms with E-state index in [1.54, 1.807) is 12.4 Å². The highest BCUT2D eigenvalue weighted by Gasteiger charge is 2.10. The molecule has 2 rings (SSSR count). The van der Waals surface area contributed by atoms with Crippen molar-refractivity contribution in [2.45, 2.75) is 0 Å². The summed E-state index contributed by atoms with van der Waals surface area (Å²) in [6, 6.07) is 2.63. The van der Waals surface area contributed by atoms with Gasteiger partial charge in [0.1, 0.15) is 5.82 Å². The van der Waals surface area contributed by atoms with Gasteiger partial charge in [0.2, 0.25) is 0 Å². The first-order valence-electron chi connectivity index (χ1n) is 3.93. The van der Waals surface area contributed by atoms with Gasteiger partial charge < -0.3 is 20.3 Å². The standard InChI is InChI=1S/C9H8N2O3/c12-6-3-5(4-7(13)8(6)14)9-10-1-2-11-9/h1-4,12-14H,(H,10,11). The average molecular weight is 192 g/mol. The number of aromatic nitrogens is 2.